The first-order valence-corrected chi connectivity index (χ1v) is 13.8. The van der Waals surface area contributed by atoms with Gasteiger partial charge in [0.05, 0.1) is 5.56 Å². The van der Waals surface area contributed by atoms with E-state index in [4.69, 9.17) is 18.9 Å². The summed E-state index contributed by atoms with van der Waals surface area (Å²) in [6, 6.07) is 14.8. The van der Waals surface area contributed by atoms with Gasteiger partial charge in [-0.3, -0.25) is 23.7 Å². The molecule has 0 bridgehead atoms. The Morgan fingerprint density at radius 3 is 2.17 bits per heavy atom. The minimum atomic E-state index is -1.22. The van der Waals surface area contributed by atoms with E-state index in [2.05, 4.69) is 15.5 Å². The second kappa shape index (κ2) is 13.5. The Morgan fingerprint density at radius 1 is 0.905 bits per heavy atom. The molecule has 0 spiro atoms. The zero-order chi connectivity index (χ0) is 30.4. The van der Waals surface area contributed by atoms with E-state index in [-0.39, 0.29) is 12.4 Å². The van der Waals surface area contributed by atoms with Crippen molar-refractivity contribution >= 4 is 35.6 Å². The minimum absolute atomic E-state index is 0.00994. The van der Waals surface area contributed by atoms with Crippen molar-refractivity contribution in [3.8, 4) is 22.8 Å². The molecule has 1 saturated heterocycles. The number of para-hydroxylation sites is 2. The van der Waals surface area contributed by atoms with Gasteiger partial charge in [-0.2, -0.15) is 0 Å². The summed E-state index contributed by atoms with van der Waals surface area (Å²) in [7, 11) is 0. The smallest absolute Gasteiger partial charge is 0.303 e. The lowest BCUT2D eigenvalue weighted by Crippen LogP contribution is -2.65. The zero-order valence-corrected chi connectivity index (χ0v) is 24.1. The molecule has 0 saturated carbocycles. The van der Waals surface area contributed by atoms with Crippen LogP contribution in [0.25, 0.3) is 17.1 Å². The van der Waals surface area contributed by atoms with E-state index in [1.807, 2.05) is 30.3 Å². The number of phenolic OH excluding ortho intramolecular Hbond substituents is 1. The lowest BCUT2D eigenvalue weighted by molar-refractivity contribution is -0.211. The highest BCUT2D eigenvalue weighted by Gasteiger charge is 2.51. The number of esters is 3. The van der Waals surface area contributed by atoms with Crippen LogP contribution in [0.1, 0.15) is 27.7 Å². The molecule has 1 fully saturated rings. The van der Waals surface area contributed by atoms with Crippen LogP contribution < -0.4 is 5.32 Å². The van der Waals surface area contributed by atoms with Crippen LogP contribution in [0, 0.1) is 0 Å². The number of benzene rings is 2. The number of ether oxygens (including phenoxy) is 4. The van der Waals surface area contributed by atoms with Crippen LogP contribution in [-0.2, 0) is 38.1 Å². The molecule has 0 radical (unpaired) electrons. The van der Waals surface area contributed by atoms with Crippen LogP contribution in [0.5, 0.6) is 5.75 Å². The van der Waals surface area contributed by atoms with Crippen LogP contribution in [-0.4, -0.2) is 80.1 Å². The Labute approximate surface area is 245 Å². The second-order valence-corrected chi connectivity index (χ2v) is 10.4. The fraction of sp³-hybridized carbons (Fsp3) is 0.357. The molecule has 4 rings (SSSR count). The Morgan fingerprint density at radius 2 is 1.55 bits per heavy atom. The predicted octanol–water partition coefficient (Wildman–Crippen LogP) is 2.39. The minimum Gasteiger partial charge on any atom is -0.507 e. The van der Waals surface area contributed by atoms with Crippen molar-refractivity contribution in [3.63, 3.8) is 0 Å². The normalized spacial score (nSPS) is 21.7. The number of hydrogen-bond donors (Lipinski definition) is 2. The highest BCUT2D eigenvalue weighted by molar-refractivity contribution is 7.99. The number of aromatic nitrogens is 3. The molecule has 14 heteroatoms. The Bertz CT molecular complexity index is 1450. The zero-order valence-electron chi connectivity index (χ0n) is 23.3. The van der Waals surface area contributed by atoms with Crippen LogP contribution in [0.2, 0.25) is 0 Å². The molecule has 42 heavy (non-hydrogen) atoms. The number of rotatable bonds is 9. The second-order valence-electron chi connectivity index (χ2n) is 9.33. The maximum atomic E-state index is 12.3. The van der Waals surface area contributed by atoms with Crippen molar-refractivity contribution in [1.82, 2.24) is 20.1 Å². The molecule has 0 unspecified atom stereocenters. The first-order chi connectivity index (χ1) is 20.0. The average Bonchev–Trinajstić information content (AvgIpc) is 3.34. The van der Waals surface area contributed by atoms with Gasteiger partial charge in [0.1, 0.15) is 29.9 Å². The van der Waals surface area contributed by atoms with E-state index >= 15 is 0 Å². The number of phenols is 1. The van der Waals surface area contributed by atoms with Gasteiger partial charge in [-0.1, -0.05) is 42.1 Å². The molecule has 1 aromatic heterocycles. The summed E-state index contributed by atoms with van der Waals surface area (Å²) in [6.45, 7) is 4.51. The maximum absolute atomic E-state index is 12.3. The van der Waals surface area contributed by atoms with Gasteiger partial charge in [-0.25, -0.2) is 0 Å². The highest BCUT2D eigenvalue weighted by Crippen LogP contribution is 2.38. The Hall–Kier alpha value is -4.43. The molecule has 1 amide bonds. The van der Waals surface area contributed by atoms with E-state index < -0.39 is 53.6 Å². The van der Waals surface area contributed by atoms with Gasteiger partial charge in [0.25, 0.3) is 0 Å². The molecular formula is C28H30N4O9S. The van der Waals surface area contributed by atoms with Gasteiger partial charge in [-0.05, 0) is 24.3 Å². The molecule has 5 atom stereocenters. The SMILES string of the molecule is CC(=O)N[C@@H]1[C@@H](OC(C)=O)[C@H](OC(C)=O)[C@@H](COC(C)=O)O[C@H]1Sc1nnc(-c2ccccc2O)n1-c1ccccc1. The van der Waals surface area contributed by atoms with E-state index in [0.29, 0.717) is 22.2 Å². The molecular weight excluding hydrogens is 568 g/mol. The van der Waals surface area contributed by atoms with E-state index in [1.165, 1.54) is 33.8 Å². The maximum Gasteiger partial charge on any atom is 0.303 e. The largest absolute Gasteiger partial charge is 0.507 e. The monoisotopic (exact) mass is 598 g/mol. The fourth-order valence-corrected chi connectivity index (χ4v) is 5.65. The topological polar surface area (TPSA) is 168 Å². The predicted molar refractivity (Wildman–Crippen MR) is 148 cm³/mol. The number of aromatic hydroxyl groups is 1. The third kappa shape index (κ3) is 7.25. The molecule has 0 aliphatic carbocycles. The number of nitrogens with one attached hydrogen (secondary N) is 1. The van der Waals surface area contributed by atoms with Crippen molar-refractivity contribution in [2.75, 3.05) is 6.61 Å². The summed E-state index contributed by atoms with van der Waals surface area (Å²) < 4.78 is 24.2. The standard InChI is InChI=1S/C28H30N4O9S/c1-15(33)29-23-25(40-18(4)36)24(39-17(3)35)22(14-38-16(2)34)41-27(23)42-28-31-30-26(20-12-8-9-13-21(20)37)32(28)19-10-6-5-7-11-19/h5-13,22-25,27,37H,14H2,1-4H3,(H,29,33)/t22-,23-,24-,25-,27+/m1/s1. The third-order valence-electron chi connectivity index (χ3n) is 6.09. The van der Waals surface area contributed by atoms with Gasteiger partial charge in [0.15, 0.2) is 23.2 Å². The number of thioether (sulfide) groups is 1. The summed E-state index contributed by atoms with van der Waals surface area (Å²) in [5, 5.41) is 22.3. The average molecular weight is 599 g/mol. The molecule has 2 aromatic carbocycles. The van der Waals surface area contributed by atoms with Gasteiger partial charge < -0.3 is 29.4 Å². The first kappa shape index (κ1) is 30.5. The number of carbonyl (C=O) groups is 4. The van der Waals surface area contributed by atoms with Gasteiger partial charge in [-0.15, -0.1) is 10.2 Å². The van der Waals surface area contributed by atoms with Crippen molar-refractivity contribution in [3.05, 3.63) is 54.6 Å². The van der Waals surface area contributed by atoms with Crippen LogP contribution >= 0.6 is 11.8 Å². The molecule has 2 heterocycles. The summed E-state index contributed by atoms with van der Waals surface area (Å²) in [5.74, 6) is -2.14. The van der Waals surface area contributed by atoms with E-state index in [1.54, 1.807) is 22.8 Å². The molecule has 1 aliphatic rings. The summed E-state index contributed by atoms with van der Waals surface area (Å²) >= 11 is 1.05. The lowest BCUT2D eigenvalue weighted by atomic mass is 9.97. The van der Waals surface area contributed by atoms with Crippen molar-refractivity contribution < 1.29 is 43.2 Å². The molecule has 222 valence electrons. The summed E-state index contributed by atoms with van der Waals surface area (Å²) in [4.78, 5) is 48.2. The van der Waals surface area contributed by atoms with Crippen molar-refractivity contribution in [2.24, 2.45) is 0 Å². The van der Waals surface area contributed by atoms with Gasteiger partial charge in [0, 0.05) is 33.4 Å². The van der Waals surface area contributed by atoms with Crippen molar-refractivity contribution in [2.45, 2.75) is 62.6 Å². The molecule has 13 nitrogen and oxygen atoms in total. The molecule has 2 N–H and O–H groups in total. The molecule has 1 aliphatic heterocycles. The number of carbonyl (C=O) groups excluding carboxylic acids is 4. The lowest BCUT2D eigenvalue weighted by Gasteiger charge is -2.44. The number of amides is 1. The summed E-state index contributed by atoms with van der Waals surface area (Å²) in [5.41, 5.74) is 0.0829. The first-order valence-electron chi connectivity index (χ1n) is 12.9. The van der Waals surface area contributed by atoms with Crippen LogP contribution in [0.4, 0.5) is 0 Å². The third-order valence-corrected chi connectivity index (χ3v) is 7.20. The summed E-state index contributed by atoms with van der Waals surface area (Å²) in [6.07, 6.45) is -3.51. The fourth-order valence-electron chi connectivity index (χ4n) is 4.49. The van der Waals surface area contributed by atoms with E-state index in [9.17, 15) is 24.3 Å². The number of nitrogens with zero attached hydrogens (tertiary/aromatic N) is 3. The van der Waals surface area contributed by atoms with E-state index in [0.717, 1.165) is 11.8 Å². The van der Waals surface area contributed by atoms with Crippen molar-refractivity contribution in [1.29, 1.82) is 0 Å². The Kier molecular flexibility index (Phi) is 9.80. The van der Waals surface area contributed by atoms with Gasteiger partial charge >= 0.3 is 17.9 Å². The van der Waals surface area contributed by atoms with Crippen LogP contribution in [0.3, 0.4) is 0 Å². The Balaban J connectivity index is 1.81. The number of hydrogen-bond acceptors (Lipinski definition) is 12. The van der Waals surface area contributed by atoms with Crippen LogP contribution in [0.15, 0.2) is 59.8 Å². The van der Waals surface area contributed by atoms with Gasteiger partial charge in [0.2, 0.25) is 5.91 Å². The molecule has 3 aromatic rings. The highest BCUT2D eigenvalue weighted by atomic mass is 32.2. The quantitative estimate of drug-likeness (QED) is 0.273.